The van der Waals surface area contributed by atoms with E-state index in [1.807, 2.05) is 19.1 Å². The summed E-state index contributed by atoms with van der Waals surface area (Å²) in [6.45, 7) is 5.58. The van der Waals surface area contributed by atoms with Crippen molar-refractivity contribution in [1.29, 1.82) is 0 Å². The normalized spacial score (nSPS) is 22.7. The summed E-state index contributed by atoms with van der Waals surface area (Å²) in [6.07, 6.45) is 7.50. The molecule has 1 unspecified atom stereocenters. The molecule has 4 rings (SSSR count). The van der Waals surface area contributed by atoms with Crippen molar-refractivity contribution in [2.24, 2.45) is 0 Å². The lowest BCUT2D eigenvalue weighted by Crippen LogP contribution is -2.51. The van der Waals surface area contributed by atoms with Crippen molar-refractivity contribution >= 4 is 5.95 Å². The molecule has 27 heavy (non-hydrogen) atoms. The van der Waals surface area contributed by atoms with Crippen LogP contribution in [-0.4, -0.2) is 46.2 Å². The van der Waals surface area contributed by atoms with Crippen LogP contribution >= 0.6 is 0 Å². The molecule has 1 atom stereocenters. The molecule has 0 saturated carbocycles. The lowest BCUT2D eigenvalue weighted by atomic mass is 9.82. The highest BCUT2D eigenvalue weighted by molar-refractivity contribution is 5.27. The zero-order valence-corrected chi connectivity index (χ0v) is 15.8. The van der Waals surface area contributed by atoms with Crippen molar-refractivity contribution in [2.45, 2.75) is 50.8 Å². The first-order valence-corrected chi connectivity index (χ1v) is 9.77. The Morgan fingerprint density at radius 2 is 2.04 bits per heavy atom. The molecule has 2 fully saturated rings. The summed E-state index contributed by atoms with van der Waals surface area (Å²) in [4.78, 5) is 11.0. The van der Waals surface area contributed by atoms with Gasteiger partial charge in [0, 0.05) is 44.7 Å². The summed E-state index contributed by atoms with van der Waals surface area (Å²) < 4.78 is 19.8. The first kappa shape index (κ1) is 18.3. The number of likely N-dealkylation sites (tertiary alicyclic amines) is 1. The SMILES string of the molecule is Cc1ccc(F)cc1CN1CCC2(CC1)CC(Nc1ncccn1)CCO2. The fourth-order valence-electron chi connectivity index (χ4n) is 4.23. The van der Waals surface area contributed by atoms with Gasteiger partial charge >= 0.3 is 0 Å². The smallest absolute Gasteiger partial charge is 0.222 e. The van der Waals surface area contributed by atoms with Crippen LogP contribution in [0.4, 0.5) is 10.3 Å². The number of nitrogens with zero attached hydrogens (tertiary/aromatic N) is 3. The lowest BCUT2D eigenvalue weighted by molar-refractivity contribution is -0.115. The number of hydrogen-bond acceptors (Lipinski definition) is 5. The molecule has 1 spiro atoms. The van der Waals surface area contributed by atoms with E-state index in [9.17, 15) is 4.39 Å². The zero-order chi connectivity index (χ0) is 18.7. The van der Waals surface area contributed by atoms with Gasteiger partial charge < -0.3 is 10.1 Å². The summed E-state index contributed by atoms with van der Waals surface area (Å²) in [5, 5.41) is 3.46. The summed E-state index contributed by atoms with van der Waals surface area (Å²) in [6, 6.07) is 7.23. The van der Waals surface area contributed by atoms with Crippen molar-refractivity contribution in [2.75, 3.05) is 25.0 Å². The molecule has 0 aliphatic carbocycles. The lowest BCUT2D eigenvalue weighted by Gasteiger charge is -2.46. The highest BCUT2D eigenvalue weighted by atomic mass is 19.1. The highest BCUT2D eigenvalue weighted by Gasteiger charge is 2.40. The number of ether oxygens (including phenoxy) is 1. The molecule has 0 amide bonds. The zero-order valence-electron chi connectivity index (χ0n) is 15.8. The largest absolute Gasteiger partial charge is 0.375 e. The monoisotopic (exact) mass is 370 g/mol. The van der Waals surface area contributed by atoms with Gasteiger partial charge in [0.15, 0.2) is 0 Å². The van der Waals surface area contributed by atoms with Gasteiger partial charge in [0.05, 0.1) is 5.60 Å². The van der Waals surface area contributed by atoms with E-state index < -0.39 is 0 Å². The van der Waals surface area contributed by atoms with Gasteiger partial charge in [-0.25, -0.2) is 14.4 Å². The van der Waals surface area contributed by atoms with Crippen LogP contribution in [0.5, 0.6) is 0 Å². The molecule has 6 heteroatoms. The van der Waals surface area contributed by atoms with Gasteiger partial charge in [-0.2, -0.15) is 0 Å². The fourth-order valence-corrected chi connectivity index (χ4v) is 4.23. The maximum Gasteiger partial charge on any atom is 0.222 e. The number of aromatic nitrogens is 2. The first-order chi connectivity index (χ1) is 13.1. The molecular weight excluding hydrogens is 343 g/mol. The summed E-state index contributed by atoms with van der Waals surface area (Å²) in [5.74, 6) is 0.537. The van der Waals surface area contributed by atoms with E-state index in [2.05, 4.69) is 20.2 Å². The van der Waals surface area contributed by atoms with Gasteiger partial charge in [0.1, 0.15) is 5.82 Å². The second-order valence-electron chi connectivity index (χ2n) is 7.78. The van der Waals surface area contributed by atoms with E-state index in [0.717, 1.165) is 63.1 Å². The van der Waals surface area contributed by atoms with Crippen LogP contribution in [0.15, 0.2) is 36.7 Å². The number of rotatable bonds is 4. The Bertz CT molecular complexity index is 762. The second kappa shape index (κ2) is 7.90. The van der Waals surface area contributed by atoms with Crippen LogP contribution in [0, 0.1) is 12.7 Å². The van der Waals surface area contributed by atoms with E-state index in [0.29, 0.717) is 12.0 Å². The molecule has 2 aliphatic rings. The van der Waals surface area contributed by atoms with Gasteiger partial charge in [-0.1, -0.05) is 6.07 Å². The minimum atomic E-state index is -0.156. The maximum absolute atomic E-state index is 13.6. The second-order valence-corrected chi connectivity index (χ2v) is 7.78. The summed E-state index contributed by atoms with van der Waals surface area (Å²) >= 11 is 0. The van der Waals surface area contributed by atoms with Gasteiger partial charge in [-0.15, -0.1) is 0 Å². The minimum Gasteiger partial charge on any atom is -0.375 e. The highest BCUT2D eigenvalue weighted by Crippen LogP contribution is 2.36. The number of anilines is 1. The van der Waals surface area contributed by atoms with Crippen LogP contribution in [0.25, 0.3) is 0 Å². The topological polar surface area (TPSA) is 50.3 Å². The summed E-state index contributed by atoms with van der Waals surface area (Å²) in [7, 11) is 0. The van der Waals surface area contributed by atoms with E-state index in [-0.39, 0.29) is 11.4 Å². The Morgan fingerprint density at radius 1 is 1.26 bits per heavy atom. The molecule has 1 N–H and O–H groups in total. The molecule has 0 radical (unpaired) electrons. The molecule has 2 saturated heterocycles. The number of piperidine rings is 1. The number of halogens is 1. The van der Waals surface area contributed by atoms with E-state index in [4.69, 9.17) is 4.74 Å². The van der Waals surface area contributed by atoms with Crippen LogP contribution in [-0.2, 0) is 11.3 Å². The minimum absolute atomic E-state index is 0.0574. The maximum atomic E-state index is 13.6. The van der Waals surface area contributed by atoms with E-state index >= 15 is 0 Å². The average molecular weight is 370 g/mol. The molecule has 2 aliphatic heterocycles. The number of hydrogen-bond donors (Lipinski definition) is 1. The molecule has 3 heterocycles. The molecule has 144 valence electrons. The van der Waals surface area contributed by atoms with Gasteiger partial charge in [-0.3, -0.25) is 4.90 Å². The molecular formula is C21H27FN4O. The van der Waals surface area contributed by atoms with Crippen LogP contribution in [0.3, 0.4) is 0 Å². The van der Waals surface area contributed by atoms with Crippen molar-refractivity contribution < 1.29 is 9.13 Å². The molecule has 5 nitrogen and oxygen atoms in total. The number of benzene rings is 1. The average Bonchev–Trinajstić information content (AvgIpc) is 2.68. The predicted molar refractivity (Wildman–Crippen MR) is 103 cm³/mol. The first-order valence-electron chi connectivity index (χ1n) is 9.77. The Kier molecular flexibility index (Phi) is 5.36. The molecule has 1 aromatic heterocycles. The Morgan fingerprint density at radius 3 is 2.81 bits per heavy atom. The van der Waals surface area contributed by atoms with Gasteiger partial charge in [0.25, 0.3) is 0 Å². The van der Waals surface area contributed by atoms with Crippen LogP contribution in [0.2, 0.25) is 0 Å². The van der Waals surface area contributed by atoms with Gasteiger partial charge in [-0.05, 0) is 61.9 Å². The van der Waals surface area contributed by atoms with Crippen molar-refractivity contribution in [3.8, 4) is 0 Å². The van der Waals surface area contributed by atoms with E-state index in [1.54, 1.807) is 18.5 Å². The Hall–Kier alpha value is -2.05. The molecule has 1 aromatic carbocycles. The quantitative estimate of drug-likeness (QED) is 0.892. The third-order valence-corrected chi connectivity index (χ3v) is 5.86. The standard InChI is InChI=1S/C21H27FN4O/c1-16-3-4-18(22)13-17(16)15-26-10-6-21(7-11-26)14-19(5-12-27-21)25-20-23-8-2-9-24-20/h2-4,8-9,13,19H,5-7,10-12,14-15H2,1H3,(H,23,24,25). The molecule has 2 aromatic rings. The summed E-state index contributed by atoms with van der Waals surface area (Å²) in [5.41, 5.74) is 2.17. The molecule has 0 bridgehead atoms. The van der Waals surface area contributed by atoms with Crippen LogP contribution in [0.1, 0.15) is 36.8 Å². The van der Waals surface area contributed by atoms with Crippen molar-refractivity contribution in [1.82, 2.24) is 14.9 Å². The van der Waals surface area contributed by atoms with Gasteiger partial charge in [0.2, 0.25) is 5.95 Å². The third kappa shape index (κ3) is 4.45. The van der Waals surface area contributed by atoms with Crippen molar-refractivity contribution in [3.63, 3.8) is 0 Å². The number of nitrogens with one attached hydrogen (secondary N) is 1. The Labute approximate surface area is 160 Å². The third-order valence-electron chi connectivity index (χ3n) is 5.86. The number of aryl methyl sites for hydroxylation is 1. The van der Waals surface area contributed by atoms with Crippen molar-refractivity contribution in [3.05, 3.63) is 53.6 Å². The predicted octanol–water partition coefficient (Wildman–Crippen LogP) is 3.55. The van der Waals surface area contributed by atoms with E-state index in [1.165, 1.54) is 6.07 Å². The Balaban J connectivity index is 1.34. The fraction of sp³-hybridized carbons (Fsp3) is 0.524. The van der Waals surface area contributed by atoms with Crippen LogP contribution < -0.4 is 5.32 Å².